The van der Waals surface area contributed by atoms with Gasteiger partial charge >= 0.3 is 0 Å². The molecule has 0 radical (unpaired) electrons. The van der Waals surface area contributed by atoms with Gasteiger partial charge in [-0.2, -0.15) is 4.31 Å². The molecule has 0 saturated carbocycles. The summed E-state index contributed by atoms with van der Waals surface area (Å²) >= 11 is 1.50. The molecule has 1 aliphatic heterocycles. The molecule has 4 rings (SSSR count). The van der Waals surface area contributed by atoms with E-state index in [-0.39, 0.29) is 23.2 Å². The number of ether oxygens (including phenoxy) is 1. The Hall–Kier alpha value is -2.08. The second-order valence-corrected chi connectivity index (χ2v) is 11.6. The topological polar surface area (TPSA) is 83.1 Å². The van der Waals surface area contributed by atoms with Crippen molar-refractivity contribution in [1.82, 2.24) is 14.2 Å². The van der Waals surface area contributed by atoms with Gasteiger partial charge in [0.15, 0.2) is 5.13 Å². The van der Waals surface area contributed by atoms with Gasteiger partial charge in [0.25, 0.3) is 5.91 Å². The van der Waals surface area contributed by atoms with E-state index in [0.29, 0.717) is 50.1 Å². The minimum atomic E-state index is -3.61. The van der Waals surface area contributed by atoms with E-state index >= 15 is 0 Å². The van der Waals surface area contributed by atoms with Crippen LogP contribution in [0.3, 0.4) is 0 Å². The summed E-state index contributed by atoms with van der Waals surface area (Å²) in [5.41, 5.74) is 3.57. The maximum Gasteiger partial charge on any atom is 0.260 e. The number of halogens is 1. The van der Waals surface area contributed by atoms with Gasteiger partial charge in [-0.3, -0.25) is 9.69 Å². The largest absolute Gasteiger partial charge is 0.379 e. The van der Waals surface area contributed by atoms with Gasteiger partial charge in [0.2, 0.25) is 10.0 Å². The van der Waals surface area contributed by atoms with Crippen molar-refractivity contribution in [3.63, 3.8) is 0 Å². The highest BCUT2D eigenvalue weighted by Gasteiger charge is 2.27. The molecule has 0 N–H and O–H groups in total. The van der Waals surface area contributed by atoms with Crippen molar-refractivity contribution in [3.05, 3.63) is 53.1 Å². The lowest BCUT2D eigenvalue weighted by Gasteiger charge is -2.26. The molecular weight excluding hydrogens is 508 g/mol. The third-order valence-electron chi connectivity index (χ3n) is 5.76. The number of likely N-dealkylation sites (N-methyl/N-ethyl adjacent to an activating group) is 1. The molecule has 1 aliphatic rings. The zero-order valence-electron chi connectivity index (χ0n) is 20.4. The van der Waals surface area contributed by atoms with Crippen LogP contribution in [0, 0.1) is 13.8 Å². The van der Waals surface area contributed by atoms with E-state index in [9.17, 15) is 13.2 Å². The Morgan fingerprint density at radius 2 is 1.74 bits per heavy atom. The number of carbonyl (C=O) groups excluding carboxylic acids is 1. The van der Waals surface area contributed by atoms with Crippen molar-refractivity contribution in [2.45, 2.75) is 18.7 Å². The SMILES string of the molecule is Cc1cc(C)c2sc(N(CCN(C)C)C(=O)c3ccc(S(=O)(=O)N4CCOCC4)cc3)nc2c1.Cl. The molecule has 11 heteroatoms. The molecular formula is C24H31ClN4O4S2. The molecule has 3 aromatic rings. The quantitative estimate of drug-likeness (QED) is 0.457. The van der Waals surface area contributed by atoms with Gasteiger partial charge in [0.1, 0.15) is 0 Å². The number of sulfonamides is 1. The number of anilines is 1. The third kappa shape index (κ3) is 6.02. The lowest BCUT2D eigenvalue weighted by molar-refractivity contribution is 0.0730. The van der Waals surface area contributed by atoms with Crippen molar-refractivity contribution in [2.24, 2.45) is 0 Å². The fourth-order valence-corrected chi connectivity index (χ4v) is 6.37. The maximum absolute atomic E-state index is 13.5. The summed E-state index contributed by atoms with van der Waals surface area (Å²) in [6.45, 7) is 6.66. The van der Waals surface area contributed by atoms with Gasteiger partial charge in [-0.25, -0.2) is 13.4 Å². The van der Waals surface area contributed by atoms with Gasteiger partial charge in [-0.05, 0) is 69.4 Å². The lowest BCUT2D eigenvalue weighted by atomic mass is 10.1. The standard InChI is InChI=1S/C24H30N4O4S2.ClH/c1-17-15-18(2)22-21(16-17)25-24(33-22)28(10-9-26(3)4)23(29)19-5-7-20(8-6-19)34(30,31)27-11-13-32-14-12-27;/h5-8,15-16H,9-14H2,1-4H3;1H. The second-order valence-electron chi connectivity index (χ2n) is 8.73. The molecule has 0 atom stereocenters. The number of amides is 1. The lowest BCUT2D eigenvalue weighted by Crippen LogP contribution is -2.40. The number of hydrogen-bond acceptors (Lipinski definition) is 7. The Balaban J connectivity index is 0.00000342. The van der Waals surface area contributed by atoms with E-state index in [1.165, 1.54) is 27.8 Å². The maximum atomic E-state index is 13.5. The average molecular weight is 539 g/mol. The Labute approximate surface area is 217 Å². The molecule has 0 bridgehead atoms. The Morgan fingerprint density at radius 1 is 1.09 bits per heavy atom. The zero-order chi connectivity index (χ0) is 24.5. The number of benzene rings is 2. The fraction of sp³-hybridized carbons (Fsp3) is 0.417. The zero-order valence-corrected chi connectivity index (χ0v) is 22.8. The number of carbonyl (C=O) groups is 1. The molecule has 2 heterocycles. The van der Waals surface area contributed by atoms with E-state index in [1.54, 1.807) is 17.0 Å². The normalized spacial score (nSPS) is 14.8. The molecule has 190 valence electrons. The van der Waals surface area contributed by atoms with Gasteiger partial charge in [-0.1, -0.05) is 17.4 Å². The van der Waals surface area contributed by atoms with Crippen LogP contribution in [-0.4, -0.2) is 82.0 Å². The van der Waals surface area contributed by atoms with Crippen molar-refractivity contribution in [3.8, 4) is 0 Å². The summed E-state index contributed by atoms with van der Waals surface area (Å²) in [4.78, 5) is 22.2. The molecule has 0 spiro atoms. The minimum Gasteiger partial charge on any atom is -0.379 e. The van der Waals surface area contributed by atoms with Crippen LogP contribution >= 0.6 is 23.7 Å². The Kier molecular flexibility index (Phi) is 8.90. The second kappa shape index (κ2) is 11.3. The van der Waals surface area contributed by atoms with Crippen LogP contribution in [-0.2, 0) is 14.8 Å². The van der Waals surface area contributed by atoms with E-state index in [4.69, 9.17) is 9.72 Å². The molecule has 0 unspecified atom stereocenters. The summed E-state index contributed by atoms with van der Waals surface area (Å²) in [7, 11) is 0.303. The van der Waals surface area contributed by atoms with E-state index in [2.05, 4.69) is 13.0 Å². The summed E-state index contributed by atoms with van der Waals surface area (Å²) in [5, 5.41) is 0.639. The predicted molar refractivity (Wildman–Crippen MR) is 143 cm³/mol. The highest BCUT2D eigenvalue weighted by Crippen LogP contribution is 2.33. The van der Waals surface area contributed by atoms with Crippen molar-refractivity contribution in [1.29, 1.82) is 0 Å². The molecule has 8 nitrogen and oxygen atoms in total. The fourth-order valence-electron chi connectivity index (χ4n) is 3.93. The molecule has 2 aromatic carbocycles. The first kappa shape index (κ1) is 27.5. The first-order chi connectivity index (χ1) is 16.2. The Morgan fingerprint density at radius 3 is 2.37 bits per heavy atom. The van der Waals surface area contributed by atoms with Crippen LogP contribution in [0.15, 0.2) is 41.3 Å². The summed E-state index contributed by atoms with van der Waals surface area (Å²) < 4.78 is 33.6. The van der Waals surface area contributed by atoms with Gasteiger partial charge in [0, 0.05) is 31.7 Å². The number of rotatable bonds is 7. The van der Waals surface area contributed by atoms with Crippen LogP contribution in [0.5, 0.6) is 0 Å². The monoisotopic (exact) mass is 538 g/mol. The number of nitrogens with zero attached hydrogens (tertiary/aromatic N) is 4. The predicted octanol–water partition coefficient (Wildman–Crippen LogP) is 3.56. The van der Waals surface area contributed by atoms with Crippen molar-refractivity contribution < 1.29 is 17.9 Å². The third-order valence-corrected chi connectivity index (χ3v) is 8.91. The number of thiazole rings is 1. The van der Waals surface area contributed by atoms with Gasteiger partial charge < -0.3 is 9.64 Å². The number of fused-ring (bicyclic) bond motifs is 1. The molecule has 1 saturated heterocycles. The van der Waals surface area contributed by atoms with E-state index in [1.807, 2.05) is 32.0 Å². The highest BCUT2D eigenvalue weighted by atomic mass is 35.5. The van der Waals surface area contributed by atoms with Crippen molar-refractivity contribution in [2.75, 3.05) is 58.4 Å². The first-order valence-electron chi connectivity index (χ1n) is 11.2. The number of hydrogen-bond donors (Lipinski definition) is 0. The molecule has 0 aliphatic carbocycles. The van der Waals surface area contributed by atoms with Gasteiger partial charge in [-0.15, -0.1) is 12.4 Å². The first-order valence-corrected chi connectivity index (χ1v) is 13.4. The summed E-state index contributed by atoms with van der Waals surface area (Å²) in [6, 6.07) is 10.3. The van der Waals surface area contributed by atoms with Crippen molar-refractivity contribution >= 4 is 55.0 Å². The Bertz CT molecular complexity index is 1290. The van der Waals surface area contributed by atoms with E-state index < -0.39 is 10.0 Å². The number of aryl methyl sites for hydroxylation is 2. The highest BCUT2D eigenvalue weighted by molar-refractivity contribution is 7.89. The number of aromatic nitrogens is 1. The average Bonchev–Trinajstić information content (AvgIpc) is 3.23. The number of morpholine rings is 1. The van der Waals surface area contributed by atoms with Crippen LogP contribution < -0.4 is 4.90 Å². The smallest absolute Gasteiger partial charge is 0.260 e. The minimum absolute atomic E-state index is 0. The van der Waals surface area contributed by atoms with Crippen LogP contribution in [0.2, 0.25) is 0 Å². The van der Waals surface area contributed by atoms with E-state index in [0.717, 1.165) is 21.3 Å². The van der Waals surface area contributed by atoms with Crippen LogP contribution in [0.4, 0.5) is 5.13 Å². The summed E-state index contributed by atoms with van der Waals surface area (Å²) in [5.74, 6) is -0.203. The molecule has 35 heavy (non-hydrogen) atoms. The molecule has 1 fully saturated rings. The van der Waals surface area contributed by atoms with Gasteiger partial charge in [0.05, 0.1) is 28.3 Å². The van der Waals surface area contributed by atoms with Crippen LogP contribution in [0.1, 0.15) is 21.5 Å². The summed E-state index contributed by atoms with van der Waals surface area (Å²) in [6.07, 6.45) is 0. The van der Waals surface area contributed by atoms with Crippen LogP contribution in [0.25, 0.3) is 10.2 Å². The molecule has 1 aromatic heterocycles. The molecule has 1 amide bonds.